The summed E-state index contributed by atoms with van der Waals surface area (Å²) in [6.45, 7) is 0. The van der Waals surface area contributed by atoms with Crippen molar-refractivity contribution in [1.82, 2.24) is 0 Å². The maximum atomic E-state index is 11.2. The third-order valence-electron chi connectivity index (χ3n) is 1.41. The summed E-state index contributed by atoms with van der Waals surface area (Å²) in [6, 6.07) is 4.14. The SMILES string of the molecule is C[N-]S(=O)(=O)c1ccc(Cl)cc1Cl.[CH3-].[Y]. The van der Waals surface area contributed by atoms with Crippen LogP contribution in [0.15, 0.2) is 23.1 Å². The van der Waals surface area contributed by atoms with Crippen molar-refractivity contribution >= 4 is 33.2 Å². The molecular weight excluding hydrogens is 334 g/mol. The first-order chi connectivity index (χ1) is 5.97. The maximum Gasteiger partial charge on any atom is 0.102 e. The van der Waals surface area contributed by atoms with Crippen LogP contribution in [0.25, 0.3) is 4.72 Å². The smallest absolute Gasteiger partial charge is 0.102 e. The molecule has 0 heterocycles. The van der Waals surface area contributed by atoms with Crippen LogP contribution in [0.4, 0.5) is 0 Å². The Bertz CT molecular complexity index is 423. The normalized spacial score (nSPS) is 10.1. The first kappa shape index (κ1) is 18.2. The molecule has 0 atom stereocenters. The van der Waals surface area contributed by atoms with Crippen molar-refractivity contribution in [2.45, 2.75) is 4.90 Å². The van der Waals surface area contributed by atoms with Gasteiger partial charge in [-0.25, -0.2) is 8.42 Å². The molecule has 1 radical (unpaired) electrons. The zero-order chi connectivity index (χ0) is 10.1. The quantitative estimate of drug-likeness (QED) is 0.775. The molecule has 0 saturated heterocycles. The van der Waals surface area contributed by atoms with Crippen LogP contribution in [-0.4, -0.2) is 15.5 Å². The molecule has 0 aliphatic carbocycles. The Balaban J connectivity index is 0. The predicted octanol–water partition coefficient (Wildman–Crippen LogP) is 3.13. The van der Waals surface area contributed by atoms with Gasteiger partial charge in [0.2, 0.25) is 0 Å². The van der Waals surface area contributed by atoms with E-state index in [4.69, 9.17) is 23.2 Å². The monoisotopic (exact) mass is 342 g/mol. The Morgan fingerprint density at radius 2 is 1.80 bits per heavy atom. The van der Waals surface area contributed by atoms with Crippen LogP contribution >= 0.6 is 23.2 Å². The molecule has 3 nitrogen and oxygen atoms in total. The van der Waals surface area contributed by atoms with E-state index in [1.54, 1.807) is 0 Å². The van der Waals surface area contributed by atoms with Gasteiger partial charge in [-0.05, 0) is 18.2 Å². The Hall–Kier alpha value is 0.814. The number of hydrogen-bond donors (Lipinski definition) is 0. The van der Waals surface area contributed by atoms with E-state index in [2.05, 4.69) is 4.72 Å². The van der Waals surface area contributed by atoms with Crippen LogP contribution in [0.2, 0.25) is 10.0 Å². The average Bonchev–Trinajstić information content (AvgIpc) is 2.03. The van der Waals surface area contributed by atoms with Crippen LogP contribution < -0.4 is 0 Å². The molecule has 0 unspecified atom stereocenters. The van der Waals surface area contributed by atoms with Gasteiger partial charge in [0.25, 0.3) is 0 Å². The van der Waals surface area contributed by atoms with Crippen LogP contribution in [-0.2, 0) is 42.7 Å². The van der Waals surface area contributed by atoms with Crippen molar-refractivity contribution in [3.8, 4) is 0 Å². The van der Waals surface area contributed by atoms with Crippen LogP contribution in [0.1, 0.15) is 0 Å². The number of rotatable bonds is 2. The third-order valence-corrected chi connectivity index (χ3v) is 3.46. The average molecular weight is 343 g/mol. The minimum absolute atomic E-state index is 0. The predicted molar refractivity (Wildman–Crippen MR) is 59.3 cm³/mol. The van der Waals surface area contributed by atoms with Crippen molar-refractivity contribution in [2.75, 3.05) is 7.05 Å². The molecule has 0 spiro atoms. The van der Waals surface area contributed by atoms with Crippen LogP contribution in [0, 0.1) is 7.43 Å². The van der Waals surface area contributed by atoms with Gasteiger partial charge in [0.15, 0.2) is 0 Å². The summed E-state index contributed by atoms with van der Waals surface area (Å²) < 4.78 is 25.7. The van der Waals surface area contributed by atoms with Crippen molar-refractivity contribution < 1.29 is 41.1 Å². The number of nitrogens with zero attached hydrogens (tertiary/aromatic N) is 1. The first-order valence-corrected chi connectivity index (χ1v) is 5.48. The minimum atomic E-state index is -3.61. The van der Waals surface area contributed by atoms with Crippen molar-refractivity contribution in [2.24, 2.45) is 0 Å². The van der Waals surface area contributed by atoms with E-state index in [1.165, 1.54) is 25.2 Å². The van der Waals surface area contributed by atoms with E-state index in [0.29, 0.717) is 5.02 Å². The second-order valence-electron chi connectivity index (χ2n) is 2.23. The Labute approximate surface area is 125 Å². The Morgan fingerprint density at radius 1 is 1.27 bits per heavy atom. The molecular formula is C8H9Cl2NO2SY-2. The van der Waals surface area contributed by atoms with Crippen molar-refractivity contribution in [3.63, 3.8) is 0 Å². The van der Waals surface area contributed by atoms with Gasteiger partial charge in [-0.3, -0.25) is 0 Å². The van der Waals surface area contributed by atoms with Crippen molar-refractivity contribution in [1.29, 1.82) is 0 Å². The number of hydrogen-bond acceptors (Lipinski definition) is 2. The molecule has 0 bridgehead atoms. The standard InChI is InChI=1S/C7H6Cl2NO2S.CH3.Y/c1-10-13(11,12)7-3-2-5(8)4-6(7)9;;/h2-4H,1H3;1H3;/q2*-1;. The van der Waals surface area contributed by atoms with E-state index in [9.17, 15) is 8.42 Å². The second-order valence-corrected chi connectivity index (χ2v) is 4.83. The van der Waals surface area contributed by atoms with Gasteiger partial charge in [-0.1, -0.05) is 23.2 Å². The van der Waals surface area contributed by atoms with Crippen LogP contribution in [0.3, 0.4) is 0 Å². The summed E-state index contributed by atoms with van der Waals surface area (Å²) in [4.78, 5) is -0.0268. The fraction of sp³-hybridized carbons (Fsp3) is 0.125. The molecule has 1 aromatic rings. The Kier molecular flexibility index (Phi) is 8.73. The molecule has 1 rings (SSSR count). The van der Waals surface area contributed by atoms with Gasteiger partial charge in [-0.2, -0.15) is 7.05 Å². The fourth-order valence-corrected chi connectivity index (χ4v) is 2.23. The summed E-state index contributed by atoms with van der Waals surface area (Å²) >= 11 is 11.3. The molecule has 1 aromatic carbocycles. The van der Waals surface area contributed by atoms with Gasteiger partial charge in [-0.15, -0.1) is 0 Å². The fourth-order valence-electron chi connectivity index (χ4n) is 0.783. The van der Waals surface area contributed by atoms with E-state index >= 15 is 0 Å². The van der Waals surface area contributed by atoms with E-state index < -0.39 is 10.0 Å². The largest absolute Gasteiger partial charge is 0.547 e. The molecule has 83 valence electrons. The van der Waals surface area contributed by atoms with Crippen LogP contribution in [0.5, 0.6) is 0 Å². The molecule has 0 N–H and O–H groups in total. The first-order valence-electron chi connectivity index (χ1n) is 3.28. The number of sulfonamides is 1. The topological polar surface area (TPSA) is 48.2 Å². The number of halogens is 2. The second kappa shape index (κ2) is 7.20. The molecule has 0 aromatic heterocycles. The summed E-state index contributed by atoms with van der Waals surface area (Å²) in [7, 11) is -2.42. The zero-order valence-electron chi connectivity index (χ0n) is 8.24. The van der Waals surface area contributed by atoms with Gasteiger partial charge < -0.3 is 12.1 Å². The molecule has 7 heteroatoms. The van der Waals surface area contributed by atoms with Crippen molar-refractivity contribution in [3.05, 3.63) is 40.4 Å². The van der Waals surface area contributed by atoms with E-state index in [1.807, 2.05) is 0 Å². The molecule has 0 aliphatic heterocycles. The third kappa shape index (κ3) is 4.67. The van der Waals surface area contributed by atoms with Gasteiger partial charge in [0.1, 0.15) is 10.0 Å². The molecule has 0 amide bonds. The van der Waals surface area contributed by atoms with Gasteiger partial charge in [0.05, 0.1) is 9.92 Å². The summed E-state index contributed by atoms with van der Waals surface area (Å²) in [6.07, 6.45) is 0. The number of benzene rings is 1. The minimum Gasteiger partial charge on any atom is -0.547 e. The van der Waals surface area contributed by atoms with Gasteiger partial charge in [0, 0.05) is 37.7 Å². The summed E-state index contributed by atoms with van der Waals surface area (Å²) in [5, 5.41) is 0.471. The van der Waals surface area contributed by atoms with E-state index in [0.717, 1.165) is 0 Å². The molecule has 15 heavy (non-hydrogen) atoms. The molecule has 0 fully saturated rings. The van der Waals surface area contributed by atoms with E-state index in [-0.39, 0.29) is 50.1 Å². The maximum absolute atomic E-state index is 11.2. The molecule has 0 saturated carbocycles. The van der Waals surface area contributed by atoms with Gasteiger partial charge >= 0.3 is 0 Å². The summed E-state index contributed by atoms with van der Waals surface area (Å²) in [5.41, 5.74) is 0. The Morgan fingerprint density at radius 3 is 2.20 bits per heavy atom. The molecule has 0 aliphatic rings. The zero-order valence-corrected chi connectivity index (χ0v) is 13.4. The summed E-state index contributed by atoms with van der Waals surface area (Å²) in [5.74, 6) is 0.